The Balaban J connectivity index is 1.97. The lowest BCUT2D eigenvalue weighted by atomic mass is 9.98. The van der Waals surface area contributed by atoms with Gasteiger partial charge in [0.1, 0.15) is 4.88 Å². The van der Waals surface area contributed by atoms with E-state index in [4.69, 9.17) is 16.3 Å². The fourth-order valence-corrected chi connectivity index (χ4v) is 3.58. The number of nitrogens with one attached hydrogen (secondary N) is 2. The Kier molecular flexibility index (Phi) is 4.84. The van der Waals surface area contributed by atoms with Crippen LogP contribution in [0.15, 0.2) is 5.38 Å². The maximum atomic E-state index is 12.1. The molecule has 0 radical (unpaired) electrons. The molecule has 0 saturated carbocycles. The van der Waals surface area contributed by atoms with Gasteiger partial charge in [0, 0.05) is 13.7 Å². The van der Waals surface area contributed by atoms with Crippen LogP contribution < -0.4 is 10.6 Å². The summed E-state index contributed by atoms with van der Waals surface area (Å²) in [5.41, 5.74) is 0.811. The number of carbonyl (C=O) groups is 1. The van der Waals surface area contributed by atoms with Gasteiger partial charge in [-0.15, -0.1) is 11.3 Å². The Labute approximate surface area is 122 Å². The van der Waals surface area contributed by atoms with Crippen molar-refractivity contribution in [3.8, 4) is 0 Å². The molecule has 4 nitrogen and oxygen atoms in total. The molecular formula is C13H19ClN2O2S. The lowest BCUT2D eigenvalue weighted by Gasteiger charge is -2.28. The molecule has 2 rings (SSSR count). The fraction of sp³-hybridized carbons (Fsp3) is 0.615. The van der Waals surface area contributed by atoms with Gasteiger partial charge in [-0.3, -0.25) is 4.79 Å². The molecule has 106 valence electrons. The molecule has 0 aromatic carbocycles. The molecule has 6 heteroatoms. The smallest absolute Gasteiger partial charge is 0.262 e. The van der Waals surface area contributed by atoms with E-state index in [0.29, 0.717) is 23.1 Å². The number of aryl methyl sites for hydroxylation is 1. The molecule has 1 aliphatic heterocycles. The zero-order chi connectivity index (χ0) is 13.9. The highest BCUT2D eigenvalue weighted by Crippen LogP contribution is 2.27. The normalized spacial score (nSPS) is 22.7. The van der Waals surface area contributed by atoms with Crippen LogP contribution in [0.3, 0.4) is 0 Å². The Morgan fingerprint density at radius 2 is 2.47 bits per heavy atom. The van der Waals surface area contributed by atoms with Crippen molar-refractivity contribution in [3.05, 3.63) is 20.8 Å². The number of methoxy groups -OCH3 is 1. The summed E-state index contributed by atoms with van der Waals surface area (Å²) in [6.45, 7) is 4.04. The van der Waals surface area contributed by atoms with Gasteiger partial charge in [0.2, 0.25) is 0 Å². The van der Waals surface area contributed by atoms with Crippen LogP contribution in [0, 0.1) is 6.92 Å². The van der Waals surface area contributed by atoms with Gasteiger partial charge in [0.15, 0.2) is 0 Å². The molecule has 0 aliphatic carbocycles. The van der Waals surface area contributed by atoms with E-state index in [1.165, 1.54) is 11.3 Å². The lowest BCUT2D eigenvalue weighted by molar-refractivity contribution is 0.0896. The minimum Gasteiger partial charge on any atom is -0.383 e. The molecule has 1 saturated heterocycles. The fourth-order valence-electron chi connectivity index (χ4n) is 2.38. The Hall–Kier alpha value is -0.620. The van der Waals surface area contributed by atoms with Crippen molar-refractivity contribution in [2.75, 3.05) is 26.8 Å². The molecule has 1 unspecified atom stereocenters. The summed E-state index contributed by atoms with van der Waals surface area (Å²) in [7, 11) is 1.68. The van der Waals surface area contributed by atoms with Crippen molar-refractivity contribution in [1.29, 1.82) is 0 Å². The van der Waals surface area contributed by atoms with E-state index >= 15 is 0 Å². The molecule has 1 aliphatic rings. The molecule has 1 aromatic heterocycles. The van der Waals surface area contributed by atoms with Crippen LogP contribution in [-0.2, 0) is 4.74 Å². The van der Waals surface area contributed by atoms with E-state index in [2.05, 4.69) is 10.6 Å². The first-order chi connectivity index (χ1) is 9.08. The number of ether oxygens (including phenoxy) is 1. The molecule has 2 N–H and O–H groups in total. The summed E-state index contributed by atoms with van der Waals surface area (Å²) in [6, 6.07) is 0. The van der Waals surface area contributed by atoms with E-state index in [1.54, 1.807) is 7.11 Å². The summed E-state index contributed by atoms with van der Waals surface area (Å²) in [6.07, 6.45) is 2.12. The zero-order valence-electron chi connectivity index (χ0n) is 11.2. The third kappa shape index (κ3) is 3.28. The molecule has 19 heavy (non-hydrogen) atoms. The van der Waals surface area contributed by atoms with Gasteiger partial charge in [-0.1, -0.05) is 11.6 Å². The van der Waals surface area contributed by atoms with Crippen LogP contribution in [0.4, 0.5) is 0 Å². The van der Waals surface area contributed by atoms with Gasteiger partial charge in [0.25, 0.3) is 5.91 Å². The summed E-state index contributed by atoms with van der Waals surface area (Å²) in [5.74, 6) is -0.104. The van der Waals surface area contributed by atoms with Crippen molar-refractivity contribution in [1.82, 2.24) is 10.6 Å². The molecule has 0 bridgehead atoms. The van der Waals surface area contributed by atoms with Crippen LogP contribution in [0.2, 0.25) is 5.02 Å². The van der Waals surface area contributed by atoms with Gasteiger partial charge in [-0.2, -0.15) is 0 Å². The molecule has 1 aromatic rings. The molecule has 1 atom stereocenters. The van der Waals surface area contributed by atoms with Gasteiger partial charge in [-0.25, -0.2) is 0 Å². The molecular weight excluding hydrogens is 284 g/mol. The number of hydrogen-bond donors (Lipinski definition) is 2. The summed E-state index contributed by atoms with van der Waals surface area (Å²) in [5, 5.41) is 8.85. The highest BCUT2D eigenvalue weighted by atomic mass is 35.5. The Morgan fingerprint density at radius 1 is 1.68 bits per heavy atom. The Bertz CT molecular complexity index is 455. The topological polar surface area (TPSA) is 50.4 Å². The maximum Gasteiger partial charge on any atom is 0.262 e. The first-order valence-electron chi connectivity index (χ1n) is 6.34. The summed E-state index contributed by atoms with van der Waals surface area (Å²) >= 11 is 7.49. The SMILES string of the molecule is COCC1(CNC(=O)c2scc(C)c2Cl)CCCN1. The summed E-state index contributed by atoms with van der Waals surface area (Å²) < 4.78 is 5.26. The van der Waals surface area contributed by atoms with Crippen LogP contribution in [0.1, 0.15) is 28.1 Å². The number of amides is 1. The predicted octanol–water partition coefficient (Wildman–Crippen LogP) is 2.21. The molecule has 0 spiro atoms. The second kappa shape index (κ2) is 6.22. The second-order valence-electron chi connectivity index (χ2n) is 4.99. The van der Waals surface area contributed by atoms with Gasteiger partial charge in [-0.05, 0) is 37.3 Å². The van der Waals surface area contributed by atoms with E-state index in [0.717, 1.165) is 24.9 Å². The van der Waals surface area contributed by atoms with E-state index in [-0.39, 0.29) is 11.4 Å². The highest BCUT2D eigenvalue weighted by Gasteiger charge is 2.34. The molecule has 1 fully saturated rings. The second-order valence-corrected chi connectivity index (χ2v) is 6.25. The largest absolute Gasteiger partial charge is 0.383 e. The van der Waals surface area contributed by atoms with E-state index in [9.17, 15) is 4.79 Å². The monoisotopic (exact) mass is 302 g/mol. The van der Waals surface area contributed by atoms with E-state index in [1.807, 2.05) is 12.3 Å². The van der Waals surface area contributed by atoms with Crippen molar-refractivity contribution >= 4 is 28.8 Å². The number of thiophene rings is 1. The Morgan fingerprint density at radius 3 is 3.00 bits per heavy atom. The van der Waals surface area contributed by atoms with Crippen molar-refractivity contribution in [3.63, 3.8) is 0 Å². The minimum atomic E-state index is -0.136. The average Bonchev–Trinajstić information content (AvgIpc) is 2.97. The van der Waals surface area contributed by atoms with Crippen LogP contribution in [-0.4, -0.2) is 38.3 Å². The first-order valence-corrected chi connectivity index (χ1v) is 7.59. The zero-order valence-corrected chi connectivity index (χ0v) is 12.8. The van der Waals surface area contributed by atoms with Crippen molar-refractivity contribution < 1.29 is 9.53 Å². The van der Waals surface area contributed by atoms with Gasteiger partial charge < -0.3 is 15.4 Å². The predicted molar refractivity (Wildman–Crippen MR) is 78.2 cm³/mol. The highest BCUT2D eigenvalue weighted by molar-refractivity contribution is 7.13. The third-order valence-corrected chi connectivity index (χ3v) is 5.14. The first kappa shape index (κ1) is 14.8. The number of carbonyl (C=O) groups excluding carboxylic acids is 1. The number of rotatable bonds is 5. The van der Waals surface area contributed by atoms with Crippen molar-refractivity contribution in [2.45, 2.75) is 25.3 Å². The van der Waals surface area contributed by atoms with Gasteiger partial charge in [0.05, 0.1) is 17.2 Å². The maximum absolute atomic E-state index is 12.1. The van der Waals surface area contributed by atoms with Gasteiger partial charge >= 0.3 is 0 Å². The third-order valence-electron chi connectivity index (χ3n) is 3.45. The number of halogens is 1. The average molecular weight is 303 g/mol. The van der Waals surface area contributed by atoms with Crippen LogP contribution >= 0.6 is 22.9 Å². The molecule has 1 amide bonds. The minimum absolute atomic E-state index is 0.104. The lowest BCUT2D eigenvalue weighted by Crippen LogP contribution is -2.52. The van der Waals surface area contributed by atoms with E-state index < -0.39 is 0 Å². The van der Waals surface area contributed by atoms with Crippen LogP contribution in [0.5, 0.6) is 0 Å². The standard InChI is InChI=1S/C13H19ClN2O2S/c1-9-6-19-11(10(9)14)12(17)15-7-13(8-18-2)4-3-5-16-13/h6,16H,3-5,7-8H2,1-2H3,(H,15,17). The number of hydrogen-bond acceptors (Lipinski definition) is 4. The molecule has 2 heterocycles. The quantitative estimate of drug-likeness (QED) is 0.877. The van der Waals surface area contributed by atoms with Crippen LogP contribution in [0.25, 0.3) is 0 Å². The summed E-state index contributed by atoms with van der Waals surface area (Å²) in [4.78, 5) is 12.7. The van der Waals surface area contributed by atoms with Crippen molar-refractivity contribution in [2.24, 2.45) is 0 Å².